The van der Waals surface area contributed by atoms with Crippen LogP contribution in [-0.4, -0.2) is 46.9 Å². The summed E-state index contributed by atoms with van der Waals surface area (Å²) >= 11 is 0. The zero-order valence-electron chi connectivity index (χ0n) is 21.7. The number of halogens is 2. The highest BCUT2D eigenvalue weighted by molar-refractivity contribution is 7.89. The molecule has 0 aliphatic carbocycles. The van der Waals surface area contributed by atoms with Gasteiger partial charge in [-0.3, -0.25) is 0 Å². The van der Waals surface area contributed by atoms with Crippen LogP contribution in [0.1, 0.15) is 39.7 Å². The van der Waals surface area contributed by atoms with Gasteiger partial charge in [-0.1, -0.05) is 12.1 Å². The van der Waals surface area contributed by atoms with Gasteiger partial charge in [-0.2, -0.15) is 10.1 Å². The Morgan fingerprint density at radius 2 is 1.72 bits per heavy atom. The SMILES string of the molecule is CC(C)(C)NS(=O)(=O)c1cccc(Nc2ncc3c(Nc4c(F)cccc4F)nn(C4CCOCC4)c3n2)c1. The average Bonchev–Trinajstić information content (AvgIpc) is 3.23. The van der Waals surface area contributed by atoms with Crippen molar-refractivity contribution in [1.82, 2.24) is 24.5 Å². The molecule has 0 atom stereocenters. The Morgan fingerprint density at radius 3 is 2.41 bits per heavy atom. The maximum atomic E-state index is 14.4. The van der Waals surface area contributed by atoms with Gasteiger partial charge in [0, 0.05) is 30.6 Å². The molecule has 0 bridgehead atoms. The normalized spacial score (nSPS) is 15.0. The number of nitrogens with zero attached hydrogens (tertiary/aromatic N) is 4. The molecule has 0 amide bonds. The third-order valence-electron chi connectivity index (χ3n) is 6.03. The highest BCUT2D eigenvalue weighted by Crippen LogP contribution is 2.32. The summed E-state index contributed by atoms with van der Waals surface area (Å²) in [4.78, 5) is 9.11. The number of nitrogens with one attached hydrogen (secondary N) is 3. The molecule has 2 aromatic carbocycles. The van der Waals surface area contributed by atoms with Crippen LogP contribution in [0.4, 0.5) is 31.9 Å². The lowest BCUT2D eigenvalue weighted by Crippen LogP contribution is -2.40. The van der Waals surface area contributed by atoms with Gasteiger partial charge in [-0.25, -0.2) is 31.6 Å². The number of ether oxygens (including phenoxy) is 1. The molecule has 0 saturated carbocycles. The van der Waals surface area contributed by atoms with Gasteiger partial charge >= 0.3 is 0 Å². The van der Waals surface area contributed by atoms with Crippen LogP contribution in [0.15, 0.2) is 53.6 Å². The van der Waals surface area contributed by atoms with Gasteiger partial charge in [0.25, 0.3) is 0 Å². The lowest BCUT2D eigenvalue weighted by Gasteiger charge is -2.22. The zero-order chi connectivity index (χ0) is 27.8. The van der Waals surface area contributed by atoms with E-state index in [1.807, 2.05) is 0 Å². The Morgan fingerprint density at radius 1 is 1.03 bits per heavy atom. The molecular formula is C26H29F2N7O3S. The highest BCUT2D eigenvalue weighted by Gasteiger charge is 2.25. The van der Waals surface area contributed by atoms with E-state index in [0.29, 0.717) is 42.8 Å². The Hall–Kier alpha value is -3.68. The van der Waals surface area contributed by atoms with Gasteiger partial charge < -0.3 is 15.4 Å². The smallest absolute Gasteiger partial charge is 0.241 e. The second-order valence-corrected chi connectivity index (χ2v) is 12.0. The molecule has 0 radical (unpaired) electrons. The fourth-order valence-corrected chi connectivity index (χ4v) is 5.79. The van der Waals surface area contributed by atoms with Crippen molar-refractivity contribution in [3.05, 3.63) is 60.3 Å². The first-order chi connectivity index (χ1) is 18.5. The van der Waals surface area contributed by atoms with E-state index in [2.05, 4.69) is 30.4 Å². The van der Waals surface area contributed by atoms with Crippen molar-refractivity contribution in [2.24, 2.45) is 0 Å². The molecule has 2 aromatic heterocycles. The third-order valence-corrected chi connectivity index (χ3v) is 7.79. The number of anilines is 4. The summed E-state index contributed by atoms with van der Waals surface area (Å²) in [5, 5.41) is 10.9. The van der Waals surface area contributed by atoms with Crippen LogP contribution >= 0.6 is 0 Å². The first-order valence-corrected chi connectivity index (χ1v) is 13.9. The minimum atomic E-state index is -3.75. The topological polar surface area (TPSA) is 123 Å². The first-order valence-electron chi connectivity index (χ1n) is 12.5. The summed E-state index contributed by atoms with van der Waals surface area (Å²) in [6.07, 6.45) is 2.89. The number of fused-ring (bicyclic) bond motifs is 1. The molecule has 1 fully saturated rings. The second-order valence-electron chi connectivity index (χ2n) is 10.3. The van der Waals surface area contributed by atoms with Crippen LogP contribution in [0, 0.1) is 11.6 Å². The van der Waals surface area contributed by atoms with Gasteiger partial charge in [0.05, 0.1) is 16.3 Å². The molecule has 206 valence electrons. The highest BCUT2D eigenvalue weighted by atomic mass is 32.2. The van der Waals surface area contributed by atoms with Gasteiger partial charge in [0.15, 0.2) is 11.5 Å². The number of para-hydroxylation sites is 1. The van der Waals surface area contributed by atoms with Gasteiger partial charge in [0.2, 0.25) is 16.0 Å². The molecule has 3 N–H and O–H groups in total. The van der Waals surface area contributed by atoms with Crippen molar-refractivity contribution in [2.75, 3.05) is 23.8 Å². The summed E-state index contributed by atoms with van der Waals surface area (Å²) < 4.78 is 64.2. The van der Waals surface area contributed by atoms with Gasteiger partial charge in [-0.05, 0) is 63.9 Å². The molecule has 0 spiro atoms. The molecule has 13 heteroatoms. The van der Waals surface area contributed by atoms with Crippen LogP contribution in [0.2, 0.25) is 0 Å². The summed E-state index contributed by atoms with van der Waals surface area (Å²) in [5.74, 6) is -1.08. The molecule has 10 nitrogen and oxygen atoms in total. The molecule has 1 saturated heterocycles. The van der Waals surface area contributed by atoms with E-state index in [9.17, 15) is 17.2 Å². The number of benzene rings is 2. The largest absolute Gasteiger partial charge is 0.381 e. The predicted octanol–water partition coefficient (Wildman–Crippen LogP) is 5.02. The molecule has 1 aliphatic rings. The number of hydrogen-bond donors (Lipinski definition) is 3. The van der Waals surface area contributed by atoms with Crippen molar-refractivity contribution in [3.8, 4) is 0 Å². The fourth-order valence-electron chi connectivity index (χ4n) is 4.33. The Balaban J connectivity index is 1.51. The Labute approximate surface area is 224 Å². The van der Waals surface area contributed by atoms with Crippen LogP contribution < -0.4 is 15.4 Å². The summed E-state index contributed by atoms with van der Waals surface area (Å²) in [6, 6.07) is 9.88. The van der Waals surface area contributed by atoms with Crippen molar-refractivity contribution in [3.63, 3.8) is 0 Å². The maximum Gasteiger partial charge on any atom is 0.241 e. The maximum absolute atomic E-state index is 14.4. The number of hydrogen-bond acceptors (Lipinski definition) is 8. The summed E-state index contributed by atoms with van der Waals surface area (Å²) in [6.45, 7) is 6.40. The van der Waals surface area contributed by atoms with E-state index >= 15 is 0 Å². The summed E-state index contributed by atoms with van der Waals surface area (Å²) in [7, 11) is -3.75. The van der Waals surface area contributed by atoms with Gasteiger partial charge in [0.1, 0.15) is 17.3 Å². The number of sulfonamides is 1. The molecule has 3 heterocycles. The fraction of sp³-hybridized carbons (Fsp3) is 0.346. The number of aromatic nitrogens is 4. The molecule has 5 rings (SSSR count). The van der Waals surface area contributed by atoms with Crippen molar-refractivity contribution < 1.29 is 21.9 Å². The standard InChI is InChI=1S/C26H29F2N7O3S/c1-26(2,3)34-39(36,37)18-7-4-6-16(14-18)30-25-29-15-19-23(31-22-20(27)8-5-9-21(22)28)33-35(24(19)32-25)17-10-12-38-13-11-17/h4-9,14-15,17,34H,10-13H2,1-3H3,(H,31,33)(H,29,30,32). The van der Waals surface area contributed by atoms with E-state index in [4.69, 9.17) is 4.74 Å². The monoisotopic (exact) mass is 557 g/mol. The molecule has 0 unspecified atom stereocenters. The molecule has 39 heavy (non-hydrogen) atoms. The Kier molecular flexibility index (Phi) is 7.23. The summed E-state index contributed by atoms with van der Waals surface area (Å²) in [5.41, 5.74) is -0.0389. The van der Waals surface area contributed by atoms with E-state index < -0.39 is 27.2 Å². The average molecular weight is 558 g/mol. The Bertz CT molecular complexity index is 1590. The van der Waals surface area contributed by atoms with E-state index in [1.54, 1.807) is 37.6 Å². The predicted molar refractivity (Wildman–Crippen MR) is 144 cm³/mol. The quantitative estimate of drug-likeness (QED) is 0.290. The minimum Gasteiger partial charge on any atom is -0.381 e. The van der Waals surface area contributed by atoms with Crippen molar-refractivity contribution >= 4 is 44.2 Å². The third kappa shape index (κ3) is 6.00. The molecular weight excluding hydrogens is 528 g/mol. The van der Waals surface area contributed by atoms with Crippen molar-refractivity contribution in [1.29, 1.82) is 0 Å². The molecule has 4 aromatic rings. The minimum absolute atomic E-state index is 0.0399. The number of rotatable bonds is 7. The first kappa shape index (κ1) is 26.9. The van der Waals surface area contributed by atoms with Crippen LogP contribution in [0.3, 0.4) is 0 Å². The second kappa shape index (κ2) is 10.5. The van der Waals surface area contributed by atoms with E-state index in [1.165, 1.54) is 24.4 Å². The lowest BCUT2D eigenvalue weighted by molar-refractivity contribution is 0.0674. The molecule has 1 aliphatic heterocycles. The van der Waals surface area contributed by atoms with Gasteiger partial charge in [-0.15, -0.1) is 0 Å². The van der Waals surface area contributed by atoms with Crippen LogP contribution in [0.25, 0.3) is 11.0 Å². The van der Waals surface area contributed by atoms with Crippen molar-refractivity contribution in [2.45, 2.75) is 50.1 Å². The zero-order valence-corrected chi connectivity index (χ0v) is 22.5. The van der Waals surface area contributed by atoms with E-state index in [-0.39, 0.29) is 28.4 Å². The van der Waals surface area contributed by atoms with E-state index in [0.717, 1.165) is 12.1 Å². The van der Waals surface area contributed by atoms with Crippen LogP contribution in [-0.2, 0) is 14.8 Å². The van der Waals surface area contributed by atoms with Crippen LogP contribution in [0.5, 0.6) is 0 Å². The lowest BCUT2D eigenvalue weighted by atomic mass is 10.1.